The van der Waals surface area contributed by atoms with E-state index in [-0.39, 0.29) is 0 Å². The van der Waals surface area contributed by atoms with E-state index in [9.17, 15) is 0 Å². The summed E-state index contributed by atoms with van der Waals surface area (Å²) in [6, 6.07) is 9.60. The Morgan fingerprint density at radius 2 is 2.14 bits per heavy atom. The number of benzene rings is 1. The molecule has 0 amide bonds. The molecular formula is C18H30N2O. The van der Waals surface area contributed by atoms with Crippen LogP contribution in [-0.4, -0.2) is 32.8 Å². The van der Waals surface area contributed by atoms with E-state index in [1.54, 1.807) is 7.11 Å². The predicted octanol–water partition coefficient (Wildman–Crippen LogP) is 3.58. The molecule has 1 aromatic carbocycles. The molecule has 0 aliphatic carbocycles. The van der Waals surface area contributed by atoms with Crippen molar-refractivity contribution in [1.82, 2.24) is 5.32 Å². The molecule has 0 aromatic heterocycles. The van der Waals surface area contributed by atoms with Gasteiger partial charge in [-0.3, -0.25) is 0 Å². The largest absolute Gasteiger partial charge is 0.383 e. The Labute approximate surface area is 129 Å². The lowest BCUT2D eigenvalue weighted by molar-refractivity contribution is 0.199. The molecule has 21 heavy (non-hydrogen) atoms. The van der Waals surface area contributed by atoms with Crippen molar-refractivity contribution in [1.29, 1.82) is 0 Å². The van der Waals surface area contributed by atoms with E-state index >= 15 is 0 Å². The van der Waals surface area contributed by atoms with E-state index in [0.29, 0.717) is 0 Å². The van der Waals surface area contributed by atoms with Crippen LogP contribution < -0.4 is 10.2 Å². The van der Waals surface area contributed by atoms with Crippen LogP contribution in [-0.2, 0) is 11.3 Å². The van der Waals surface area contributed by atoms with Crippen molar-refractivity contribution in [3.63, 3.8) is 0 Å². The summed E-state index contributed by atoms with van der Waals surface area (Å²) >= 11 is 0. The van der Waals surface area contributed by atoms with Crippen LogP contribution in [0.2, 0.25) is 0 Å². The molecule has 1 atom stereocenters. The molecule has 0 spiro atoms. The maximum atomic E-state index is 5.10. The fourth-order valence-electron chi connectivity index (χ4n) is 3.29. The van der Waals surface area contributed by atoms with E-state index in [2.05, 4.69) is 41.4 Å². The minimum Gasteiger partial charge on any atom is -0.383 e. The minimum absolute atomic E-state index is 0.726. The van der Waals surface area contributed by atoms with Gasteiger partial charge < -0.3 is 15.0 Å². The zero-order valence-electron chi connectivity index (χ0n) is 13.6. The number of methoxy groups -OCH3 is 1. The van der Waals surface area contributed by atoms with Gasteiger partial charge in [0.2, 0.25) is 0 Å². The Balaban J connectivity index is 2.06. The van der Waals surface area contributed by atoms with Gasteiger partial charge in [0.25, 0.3) is 0 Å². The van der Waals surface area contributed by atoms with E-state index < -0.39 is 0 Å². The molecule has 1 N–H and O–H groups in total. The summed E-state index contributed by atoms with van der Waals surface area (Å²) in [6.07, 6.45) is 6.64. The highest BCUT2D eigenvalue weighted by Crippen LogP contribution is 2.29. The van der Waals surface area contributed by atoms with Crippen molar-refractivity contribution in [3.05, 3.63) is 29.8 Å². The highest BCUT2D eigenvalue weighted by atomic mass is 16.5. The zero-order valence-corrected chi connectivity index (χ0v) is 13.6. The van der Waals surface area contributed by atoms with Crippen LogP contribution in [0.1, 0.15) is 44.6 Å². The Morgan fingerprint density at radius 1 is 1.29 bits per heavy atom. The quantitative estimate of drug-likeness (QED) is 0.741. The molecule has 0 saturated carbocycles. The van der Waals surface area contributed by atoms with Crippen LogP contribution in [0.4, 0.5) is 5.69 Å². The van der Waals surface area contributed by atoms with Crippen molar-refractivity contribution in [2.75, 3.05) is 31.7 Å². The number of anilines is 1. The highest BCUT2D eigenvalue weighted by molar-refractivity contribution is 5.54. The van der Waals surface area contributed by atoms with Gasteiger partial charge in [-0.1, -0.05) is 31.5 Å². The summed E-state index contributed by atoms with van der Waals surface area (Å²) in [4.78, 5) is 2.65. The molecule has 1 saturated heterocycles. The molecule has 1 fully saturated rings. The molecule has 118 valence electrons. The van der Waals surface area contributed by atoms with Gasteiger partial charge in [0, 0.05) is 38.5 Å². The maximum Gasteiger partial charge on any atom is 0.0587 e. The van der Waals surface area contributed by atoms with Crippen LogP contribution >= 0.6 is 0 Å². The van der Waals surface area contributed by atoms with Gasteiger partial charge in [0.1, 0.15) is 0 Å². The Hall–Kier alpha value is -1.06. The molecule has 1 aromatic rings. The van der Waals surface area contributed by atoms with Gasteiger partial charge in [-0.2, -0.15) is 0 Å². The van der Waals surface area contributed by atoms with Crippen molar-refractivity contribution in [3.8, 4) is 0 Å². The molecule has 0 radical (unpaired) electrons. The fraction of sp³-hybridized carbons (Fsp3) is 0.667. The van der Waals surface area contributed by atoms with E-state index in [4.69, 9.17) is 4.74 Å². The standard InChI is InChI=1S/C18H30N2O/c1-3-8-17-10-6-7-13-20(17)18-11-5-4-9-16(18)15-19-12-14-21-2/h4-5,9,11,17,19H,3,6-8,10,12-15H2,1-2H3. The number of para-hydroxylation sites is 1. The number of hydrogen-bond acceptors (Lipinski definition) is 3. The molecule has 2 rings (SSSR count). The van der Waals surface area contributed by atoms with Gasteiger partial charge in [0.05, 0.1) is 6.61 Å². The van der Waals surface area contributed by atoms with E-state index in [0.717, 1.165) is 25.7 Å². The van der Waals surface area contributed by atoms with Gasteiger partial charge in [-0.25, -0.2) is 0 Å². The Morgan fingerprint density at radius 3 is 2.95 bits per heavy atom. The van der Waals surface area contributed by atoms with Crippen LogP contribution in [0.15, 0.2) is 24.3 Å². The average molecular weight is 290 g/mol. The number of nitrogens with one attached hydrogen (secondary N) is 1. The maximum absolute atomic E-state index is 5.10. The first-order valence-electron chi connectivity index (χ1n) is 8.41. The van der Waals surface area contributed by atoms with Gasteiger partial charge >= 0.3 is 0 Å². The highest BCUT2D eigenvalue weighted by Gasteiger charge is 2.23. The summed E-state index contributed by atoms with van der Waals surface area (Å²) in [6.45, 7) is 6.10. The molecule has 1 aliphatic rings. The summed E-state index contributed by atoms with van der Waals surface area (Å²) in [5.74, 6) is 0. The summed E-state index contributed by atoms with van der Waals surface area (Å²) in [5.41, 5.74) is 2.84. The van der Waals surface area contributed by atoms with Gasteiger partial charge in [-0.15, -0.1) is 0 Å². The first-order chi connectivity index (χ1) is 10.4. The number of nitrogens with zero attached hydrogens (tertiary/aromatic N) is 1. The van der Waals surface area contributed by atoms with Crippen LogP contribution in [0, 0.1) is 0 Å². The van der Waals surface area contributed by atoms with Crippen molar-refractivity contribution in [2.45, 2.75) is 51.6 Å². The lowest BCUT2D eigenvalue weighted by Gasteiger charge is -2.39. The Kier molecular flexibility index (Phi) is 7.04. The van der Waals surface area contributed by atoms with E-state index in [1.807, 2.05) is 0 Å². The molecule has 3 nitrogen and oxygen atoms in total. The summed E-state index contributed by atoms with van der Waals surface area (Å²) < 4.78 is 5.10. The Bertz CT molecular complexity index is 406. The molecule has 1 heterocycles. The number of ether oxygens (including phenoxy) is 1. The molecule has 3 heteroatoms. The van der Waals surface area contributed by atoms with Crippen molar-refractivity contribution >= 4 is 5.69 Å². The first-order valence-corrected chi connectivity index (χ1v) is 8.41. The average Bonchev–Trinajstić information content (AvgIpc) is 2.53. The second kappa shape index (κ2) is 9.06. The monoisotopic (exact) mass is 290 g/mol. The molecular weight excluding hydrogens is 260 g/mol. The third-order valence-corrected chi connectivity index (χ3v) is 4.35. The van der Waals surface area contributed by atoms with Crippen LogP contribution in [0.3, 0.4) is 0 Å². The number of hydrogen-bond donors (Lipinski definition) is 1. The molecule has 1 unspecified atom stereocenters. The topological polar surface area (TPSA) is 24.5 Å². The minimum atomic E-state index is 0.726. The van der Waals surface area contributed by atoms with Crippen molar-refractivity contribution < 1.29 is 4.74 Å². The second-order valence-electron chi connectivity index (χ2n) is 5.93. The summed E-state index contributed by atoms with van der Waals surface area (Å²) in [7, 11) is 1.75. The lowest BCUT2D eigenvalue weighted by Crippen LogP contribution is -2.40. The summed E-state index contributed by atoms with van der Waals surface area (Å²) in [5, 5.41) is 3.48. The number of rotatable bonds is 8. The third-order valence-electron chi connectivity index (χ3n) is 4.35. The lowest BCUT2D eigenvalue weighted by atomic mass is 9.96. The predicted molar refractivity (Wildman–Crippen MR) is 89.9 cm³/mol. The smallest absolute Gasteiger partial charge is 0.0587 e. The fourth-order valence-corrected chi connectivity index (χ4v) is 3.29. The third kappa shape index (κ3) is 4.72. The second-order valence-corrected chi connectivity index (χ2v) is 5.93. The van der Waals surface area contributed by atoms with E-state index in [1.165, 1.54) is 49.9 Å². The van der Waals surface area contributed by atoms with Gasteiger partial charge in [0.15, 0.2) is 0 Å². The molecule has 0 bridgehead atoms. The normalized spacial score (nSPS) is 19.0. The first kappa shape index (κ1) is 16.3. The SMILES string of the molecule is CCCC1CCCCN1c1ccccc1CNCCOC. The van der Waals surface area contributed by atoms with Crippen LogP contribution in [0.5, 0.6) is 0 Å². The number of piperidine rings is 1. The van der Waals surface area contributed by atoms with Crippen molar-refractivity contribution in [2.24, 2.45) is 0 Å². The van der Waals surface area contributed by atoms with Gasteiger partial charge in [-0.05, 0) is 37.3 Å². The zero-order chi connectivity index (χ0) is 14.9. The molecule has 1 aliphatic heterocycles. The van der Waals surface area contributed by atoms with Crippen LogP contribution in [0.25, 0.3) is 0 Å².